The smallest absolute Gasteiger partial charge is 0.274 e. The molecule has 1 saturated heterocycles. The molecule has 3 aromatic rings. The maximum Gasteiger partial charge on any atom is 0.274 e. The van der Waals surface area contributed by atoms with Gasteiger partial charge in [0.2, 0.25) is 0 Å². The first kappa shape index (κ1) is 17.2. The van der Waals surface area contributed by atoms with Crippen molar-refractivity contribution in [2.45, 2.75) is 31.3 Å². The number of rotatable bonds is 4. The third kappa shape index (κ3) is 3.22. The first-order chi connectivity index (χ1) is 13.6. The Morgan fingerprint density at radius 2 is 2.11 bits per heavy atom. The summed E-state index contributed by atoms with van der Waals surface area (Å²) < 4.78 is 1.79. The molecule has 2 N–H and O–H groups in total. The van der Waals surface area contributed by atoms with Gasteiger partial charge in [-0.15, -0.1) is 0 Å². The van der Waals surface area contributed by atoms with Gasteiger partial charge in [-0.1, -0.05) is 0 Å². The van der Waals surface area contributed by atoms with E-state index in [2.05, 4.69) is 26.4 Å². The van der Waals surface area contributed by atoms with E-state index in [1.54, 1.807) is 16.9 Å². The van der Waals surface area contributed by atoms with Crippen molar-refractivity contribution in [3.05, 3.63) is 47.9 Å². The largest absolute Gasteiger partial charge is 0.391 e. The van der Waals surface area contributed by atoms with Gasteiger partial charge in [0.15, 0.2) is 0 Å². The fourth-order valence-corrected chi connectivity index (χ4v) is 3.95. The number of aryl methyl sites for hydroxylation is 1. The summed E-state index contributed by atoms with van der Waals surface area (Å²) in [5.41, 5.74) is 4.25. The number of nitrogens with zero attached hydrogens (tertiary/aromatic N) is 4. The van der Waals surface area contributed by atoms with E-state index in [4.69, 9.17) is 0 Å². The van der Waals surface area contributed by atoms with Gasteiger partial charge in [0.1, 0.15) is 5.69 Å². The van der Waals surface area contributed by atoms with Crippen molar-refractivity contribution in [1.29, 1.82) is 0 Å². The average molecular weight is 377 g/mol. The van der Waals surface area contributed by atoms with Crippen LogP contribution in [0.25, 0.3) is 10.9 Å². The number of fused-ring (bicyclic) bond motifs is 1. The summed E-state index contributed by atoms with van der Waals surface area (Å²) in [4.78, 5) is 19.3. The van der Waals surface area contributed by atoms with E-state index in [0.29, 0.717) is 18.2 Å². The fourth-order valence-electron chi connectivity index (χ4n) is 3.95. The second-order valence-electron chi connectivity index (χ2n) is 7.82. The van der Waals surface area contributed by atoms with E-state index >= 15 is 0 Å². The molecular formula is C21H23N5O2. The van der Waals surface area contributed by atoms with Gasteiger partial charge in [0.25, 0.3) is 5.91 Å². The first-order valence-corrected chi connectivity index (χ1v) is 9.74. The van der Waals surface area contributed by atoms with E-state index in [-0.39, 0.29) is 12.0 Å². The molecule has 1 aliphatic heterocycles. The molecule has 144 valence electrons. The molecule has 0 spiro atoms. The second kappa shape index (κ2) is 6.60. The molecule has 28 heavy (non-hydrogen) atoms. The molecule has 1 atom stereocenters. The van der Waals surface area contributed by atoms with E-state index in [0.717, 1.165) is 53.6 Å². The molecule has 0 radical (unpaired) electrons. The first-order valence-electron chi connectivity index (χ1n) is 9.74. The van der Waals surface area contributed by atoms with Gasteiger partial charge in [-0.05, 0) is 55.0 Å². The van der Waals surface area contributed by atoms with E-state index in [1.165, 1.54) is 0 Å². The quantitative estimate of drug-likeness (QED) is 0.730. The van der Waals surface area contributed by atoms with E-state index < -0.39 is 0 Å². The molecule has 7 nitrogen and oxygen atoms in total. The highest BCUT2D eigenvalue weighted by Gasteiger charge is 2.28. The molecule has 2 aromatic heterocycles. The fraction of sp³-hybridized carbons (Fsp3) is 0.381. The Bertz CT molecular complexity index is 1060. The molecule has 5 rings (SSSR count). The number of aliphatic hydroxyl groups is 1. The molecule has 1 aliphatic carbocycles. The highest BCUT2D eigenvalue weighted by molar-refractivity contribution is 6.05. The summed E-state index contributed by atoms with van der Waals surface area (Å²) in [5.74, 6) is 0.277. The molecule has 2 fully saturated rings. The van der Waals surface area contributed by atoms with Crippen LogP contribution >= 0.6 is 0 Å². The maximum absolute atomic E-state index is 12.9. The summed E-state index contributed by atoms with van der Waals surface area (Å²) in [5, 5.41) is 18.3. The summed E-state index contributed by atoms with van der Waals surface area (Å²) in [6.07, 6.45) is 6.34. The van der Waals surface area contributed by atoms with Gasteiger partial charge in [0.05, 0.1) is 11.6 Å². The lowest BCUT2D eigenvalue weighted by Gasteiger charge is -2.18. The summed E-state index contributed by atoms with van der Waals surface area (Å²) in [7, 11) is 1.90. The lowest BCUT2D eigenvalue weighted by atomic mass is 10.1. The van der Waals surface area contributed by atoms with Gasteiger partial charge in [-0.25, -0.2) is 0 Å². The molecule has 0 bridgehead atoms. The van der Waals surface area contributed by atoms with Gasteiger partial charge in [0, 0.05) is 49.3 Å². The summed E-state index contributed by atoms with van der Waals surface area (Å²) in [6.45, 7) is 1.38. The van der Waals surface area contributed by atoms with Gasteiger partial charge < -0.3 is 15.3 Å². The number of nitrogens with one attached hydrogen (secondary N) is 1. The minimum atomic E-state index is -0.308. The number of carbonyl (C=O) groups excluding carboxylic acids is 1. The molecular weight excluding hydrogens is 354 g/mol. The van der Waals surface area contributed by atoms with Crippen molar-refractivity contribution >= 4 is 28.2 Å². The van der Waals surface area contributed by atoms with Crippen LogP contribution in [0.1, 0.15) is 41.2 Å². The minimum absolute atomic E-state index is 0.216. The molecule has 2 aliphatic rings. The van der Waals surface area contributed by atoms with Crippen molar-refractivity contribution in [2.75, 3.05) is 23.3 Å². The van der Waals surface area contributed by atoms with E-state index in [9.17, 15) is 9.90 Å². The molecule has 7 heteroatoms. The lowest BCUT2D eigenvalue weighted by Crippen LogP contribution is -2.22. The van der Waals surface area contributed by atoms with Crippen LogP contribution < -0.4 is 10.2 Å². The lowest BCUT2D eigenvalue weighted by molar-refractivity contribution is 0.102. The third-order valence-electron chi connectivity index (χ3n) is 5.56. The number of anilines is 2. The Hall–Kier alpha value is -2.93. The maximum atomic E-state index is 12.9. The number of aromatic nitrogens is 3. The zero-order chi connectivity index (χ0) is 19.3. The normalized spacial score (nSPS) is 19.4. The number of amides is 1. The zero-order valence-electron chi connectivity index (χ0n) is 15.8. The van der Waals surface area contributed by atoms with Crippen molar-refractivity contribution in [1.82, 2.24) is 14.8 Å². The summed E-state index contributed by atoms with van der Waals surface area (Å²) >= 11 is 0. The highest BCUT2D eigenvalue weighted by Crippen LogP contribution is 2.44. The highest BCUT2D eigenvalue weighted by atomic mass is 16.3. The minimum Gasteiger partial charge on any atom is -0.391 e. The monoisotopic (exact) mass is 377 g/mol. The number of aliphatic hydroxyl groups excluding tert-OH is 1. The Morgan fingerprint density at radius 1 is 1.25 bits per heavy atom. The van der Waals surface area contributed by atoms with E-state index in [1.807, 2.05) is 25.4 Å². The Kier molecular flexibility index (Phi) is 4.05. The number of hydrogen-bond acceptors (Lipinski definition) is 5. The number of hydrogen-bond donors (Lipinski definition) is 2. The van der Waals surface area contributed by atoms with Crippen molar-refractivity contribution in [3.63, 3.8) is 0 Å². The Labute approximate surface area is 163 Å². The Balaban J connectivity index is 1.43. The Morgan fingerprint density at radius 3 is 2.86 bits per heavy atom. The van der Waals surface area contributed by atoms with Crippen LogP contribution in [0.2, 0.25) is 0 Å². The topological polar surface area (TPSA) is 83.3 Å². The van der Waals surface area contributed by atoms with Crippen LogP contribution in [0.4, 0.5) is 11.4 Å². The predicted octanol–water partition coefficient (Wildman–Crippen LogP) is 2.67. The van der Waals surface area contributed by atoms with Crippen LogP contribution in [0, 0.1) is 0 Å². The predicted molar refractivity (Wildman–Crippen MR) is 108 cm³/mol. The second-order valence-corrected chi connectivity index (χ2v) is 7.82. The van der Waals surface area contributed by atoms with Crippen LogP contribution in [-0.2, 0) is 7.05 Å². The standard InChI is InChI=1S/C21H23N5O2/c1-25-11-14-8-19(17(13-2-3-13)10-18(14)24-25)23-21(28)20-9-15(4-6-22-20)26-7-5-16(27)12-26/h4,6,8-11,13,16,27H,2-3,5,7,12H2,1H3,(H,23,28). The van der Waals surface area contributed by atoms with Gasteiger partial charge in [-0.2, -0.15) is 5.10 Å². The number of pyridine rings is 1. The van der Waals surface area contributed by atoms with Crippen LogP contribution in [-0.4, -0.2) is 45.0 Å². The van der Waals surface area contributed by atoms with Crippen molar-refractivity contribution in [3.8, 4) is 0 Å². The number of benzene rings is 1. The van der Waals surface area contributed by atoms with Gasteiger partial charge in [-0.3, -0.25) is 14.5 Å². The third-order valence-corrected chi connectivity index (χ3v) is 5.56. The van der Waals surface area contributed by atoms with Crippen molar-refractivity contribution < 1.29 is 9.90 Å². The molecule has 1 saturated carbocycles. The van der Waals surface area contributed by atoms with Crippen LogP contribution in [0.3, 0.4) is 0 Å². The SMILES string of the molecule is Cn1cc2cc(NC(=O)c3cc(N4CCC(O)C4)ccn3)c(C3CC3)cc2n1. The number of β-amino-alcohol motifs (C(OH)–C–C–N with tert-alkyl or cyclic N) is 1. The van der Waals surface area contributed by atoms with Crippen LogP contribution in [0.5, 0.6) is 0 Å². The molecule has 3 heterocycles. The molecule has 1 amide bonds. The summed E-state index contributed by atoms with van der Waals surface area (Å²) in [6, 6.07) is 7.78. The van der Waals surface area contributed by atoms with Crippen molar-refractivity contribution in [2.24, 2.45) is 7.05 Å². The van der Waals surface area contributed by atoms with Gasteiger partial charge >= 0.3 is 0 Å². The average Bonchev–Trinajstić information content (AvgIpc) is 3.33. The zero-order valence-corrected chi connectivity index (χ0v) is 15.8. The number of carbonyl (C=O) groups is 1. The molecule has 1 unspecified atom stereocenters. The molecule has 1 aromatic carbocycles. The van der Waals surface area contributed by atoms with Crippen LogP contribution in [0.15, 0.2) is 36.7 Å².